The minimum absolute atomic E-state index is 0.243. The first-order chi connectivity index (χ1) is 13.6. The molecule has 2 aliphatic heterocycles. The lowest BCUT2D eigenvalue weighted by Gasteiger charge is -2.29. The summed E-state index contributed by atoms with van der Waals surface area (Å²) in [6.07, 6.45) is 3.63. The minimum Gasteiger partial charge on any atom is -0.465 e. The molecule has 2 saturated heterocycles. The van der Waals surface area contributed by atoms with Gasteiger partial charge in [0.25, 0.3) is 5.91 Å². The molecule has 0 aromatic heterocycles. The fraction of sp³-hybridized carbons (Fsp3) is 0.550. The van der Waals surface area contributed by atoms with Crippen LogP contribution in [0.2, 0.25) is 0 Å². The normalized spacial score (nSPS) is 22.8. The van der Waals surface area contributed by atoms with Gasteiger partial charge in [-0.25, -0.2) is 5.01 Å². The fourth-order valence-electron chi connectivity index (χ4n) is 3.36. The highest BCUT2D eigenvalue weighted by Crippen LogP contribution is 2.14. The number of hydrogen-bond acceptors (Lipinski definition) is 6. The van der Waals surface area contributed by atoms with Crippen LogP contribution >= 0.6 is 0 Å². The first-order valence-electron chi connectivity index (χ1n) is 9.91. The van der Waals surface area contributed by atoms with Crippen LogP contribution in [0.25, 0.3) is 0 Å². The van der Waals surface area contributed by atoms with Crippen molar-refractivity contribution in [1.29, 1.82) is 0 Å². The Balaban J connectivity index is 1.61. The third kappa shape index (κ3) is 5.53. The van der Waals surface area contributed by atoms with E-state index < -0.39 is 24.1 Å². The van der Waals surface area contributed by atoms with Gasteiger partial charge >= 0.3 is 5.97 Å². The molecule has 0 radical (unpaired) electrons. The van der Waals surface area contributed by atoms with E-state index in [1.165, 1.54) is 6.42 Å². The smallest absolute Gasteiger partial charge is 0.325 e. The molecule has 8 heteroatoms. The molecule has 0 bridgehead atoms. The summed E-state index contributed by atoms with van der Waals surface area (Å²) in [5.74, 6) is -1.06. The van der Waals surface area contributed by atoms with Crippen molar-refractivity contribution in [1.82, 2.24) is 21.1 Å². The summed E-state index contributed by atoms with van der Waals surface area (Å²) in [6, 6.07) is 7.54. The molecule has 2 amide bonds. The Labute approximate surface area is 165 Å². The Hall–Kier alpha value is -2.45. The molecule has 0 spiro atoms. The SMILES string of the molecule is CCOC(=O)[C@H]1N[C@@H]1C(=O)N[C@@H](Cc1ccccc1)C(=O)NN1CCCCC1. The van der Waals surface area contributed by atoms with E-state index in [4.69, 9.17) is 4.74 Å². The number of carbonyl (C=O) groups is 3. The minimum atomic E-state index is -0.720. The van der Waals surface area contributed by atoms with Crippen LogP contribution in [0, 0.1) is 0 Å². The monoisotopic (exact) mass is 388 g/mol. The molecule has 152 valence electrons. The van der Waals surface area contributed by atoms with Crippen molar-refractivity contribution in [3.63, 3.8) is 0 Å². The van der Waals surface area contributed by atoms with Crippen LogP contribution < -0.4 is 16.1 Å². The van der Waals surface area contributed by atoms with E-state index in [-0.39, 0.29) is 18.4 Å². The molecule has 3 atom stereocenters. The van der Waals surface area contributed by atoms with Crippen LogP contribution in [0.3, 0.4) is 0 Å². The molecule has 28 heavy (non-hydrogen) atoms. The van der Waals surface area contributed by atoms with Gasteiger partial charge in [0, 0.05) is 19.5 Å². The Morgan fingerprint density at radius 2 is 1.86 bits per heavy atom. The molecule has 0 unspecified atom stereocenters. The maximum Gasteiger partial charge on any atom is 0.325 e. The molecular weight excluding hydrogens is 360 g/mol. The number of hydrazine groups is 1. The molecule has 2 heterocycles. The van der Waals surface area contributed by atoms with Crippen molar-refractivity contribution in [2.45, 2.75) is 50.7 Å². The van der Waals surface area contributed by atoms with E-state index in [0.29, 0.717) is 6.42 Å². The number of esters is 1. The second-order valence-corrected chi connectivity index (χ2v) is 7.15. The van der Waals surface area contributed by atoms with Gasteiger partial charge in [0.1, 0.15) is 18.1 Å². The van der Waals surface area contributed by atoms with E-state index >= 15 is 0 Å². The van der Waals surface area contributed by atoms with Gasteiger partial charge in [0.05, 0.1) is 6.61 Å². The standard InChI is InChI=1S/C20H28N4O4/c1-2-28-20(27)17-16(22-17)19(26)21-15(13-14-9-5-3-6-10-14)18(25)23-24-11-7-4-8-12-24/h3,5-6,9-10,15-17,22H,2,4,7-8,11-13H2,1H3,(H,21,26)(H,23,25)/t15-,16-,17-/m0/s1. The second kappa shape index (κ2) is 9.66. The third-order valence-corrected chi connectivity index (χ3v) is 4.95. The summed E-state index contributed by atoms with van der Waals surface area (Å²) in [6.45, 7) is 3.61. The number of rotatable bonds is 8. The lowest BCUT2D eigenvalue weighted by molar-refractivity contribution is -0.143. The van der Waals surface area contributed by atoms with Crippen molar-refractivity contribution >= 4 is 17.8 Å². The summed E-state index contributed by atoms with van der Waals surface area (Å²) in [7, 11) is 0. The Morgan fingerprint density at radius 1 is 1.14 bits per heavy atom. The van der Waals surface area contributed by atoms with Crippen molar-refractivity contribution < 1.29 is 19.1 Å². The molecule has 2 aliphatic rings. The highest BCUT2D eigenvalue weighted by Gasteiger charge is 2.49. The van der Waals surface area contributed by atoms with E-state index in [9.17, 15) is 14.4 Å². The van der Waals surface area contributed by atoms with Gasteiger partial charge in [-0.3, -0.25) is 25.1 Å². The van der Waals surface area contributed by atoms with E-state index in [0.717, 1.165) is 31.5 Å². The van der Waals surface area contributed by atoms with Gasteiger partial charge in [-0.15, -0.1) is 0 Å². The summed E-state index contributed by atoms with van der Waals surface area (Å²) < 4.78 is 4.93. The number of piperidine rings is 1. The number of ether oxygens (including phenoxy) is 1. The third-order valence-electron chi connectivity index (χ3n) is 4.95. The lowest BCUT2D eigenvalue weighted by Crippen LogP contribution is -2.55. The van der Waals surface area contributed by atoms with Gasteiger partial charge in [-0.1, -0.05) is 36.8 Å². The molecule has 2 fully saturated rings. The molecule has 1 aromatic carbocycles. The van der Waals surface area contributed by atoms with Crippen LogP contribution in [0.1, 0.15) is 31.7 Å². The zero-order chi connectivity index (χ0) is 19.9. The van der Waals surface area contributed by atoms with Gasteiger partial charge in [-0.05, 0) is 25.3 Å². The average molecular weight is 388 g/mol. The molecule has 8 nitrogen and oxygen atoms in total. The van der Waals surface area contributed by atoms with E-state index in [2.05, 4.69) is 16.1 Å². The number of hydrogen-bond donors (Lipinski definition) is 3. The zero-order valence-corrected chi connectivity index (χ0v) is 16.1. The summed E-state index contributed by atoms with van der Waals surface area (Å²) in [5.41, 5.74) is 3.88. The first-order valence-corrected chi connectivity index (χ1v) is 9.91. The molecular formula is C20H28N4O4. The van der Waals surface area contributed by atoms with Crippen molar-refractivity contribution in [2.75, 3.05) is 19.7 Å². The molecule has 3 rings (SSSR count). The van der Waals surface area contributed by atoms with E-state index in [1.807, 2.05) is 35.3 Å². The summed E-state index contributed by atoms with van der Waals surface area (Å²) >= 11 is 0. The second-order valence-electron chi connectivity index (χ2n) is 7.15. The predicted octanol–water partition coefficient (Wildman–Crippen LogP) is 0.135. The molecule has 1 aromatic rings. The van der Waals surface area contributed by atoms with Crippen molar-refractivity contribution in [3.05, 3.63) is 35.9 Å². The maximum atomic E-state index is 12.8. The Kier molecular flexibility index (Phi) is 7.00. The Bertz CT molecular complexity index is 691. The highest BCUT2D eigenvalue weighted by molar-refractivity contribution is 5.97. The summed E-state index contributed by atoms with van der Waals surface area (Å²) in [4.78, 5) is 37.1. The first kappa shape index (κ1) is 20.3. The van der Waals surface area contributed by atoms with Gasteiger partial charge in [0.2, 0.25) is 5.91 Å². The largest absolute Gasteiger partial charge is 0.465 e. The van der Waals surface area contributed by atoms with Crippen LogP contribution in [0.4, 0.5) is 0 Å². The number of amides is 2. The lowest BCUT2D eigenvalue weighted by atomic mass is 10.0. The maximum absolute atomic E-state index is 12.8. The van der Waals surface area contributed by atoms with Gasteiger partial charge < -0.3 is 10.1 Å². The quantitative estimate of drug-likeness (QED) is 0.432. The van der Waals surface area contributed by atoms with Gasteiger partial charge in [-0.2, -0.15) is 0 Å². The summed E-state index contributed by atoms with van der Waals surface area (Å²) in [5, 5.41) is 7.52. The van der Waals surface area contributed by atoms with Crippen LogP contribution in [0.15, 0.2) is 30.3 Å². The molecule has 0 saturated carbocycles. The van der Waals surface area contributed by atoms with Crippen LogP contribution in [-0.4, -0.2) is 60.6 Å². The number of benzene rings is 1. The van der Waals surface area contributed by atoms with Crippen molar-refractivity contribution in [3.8, 4) is 0 Å². The van der Waals surface area contributed by atoms with Crippen LogP contribution in [0.5, 0.6) is 0 Å². The Morgan fingerprint density at radius 3 is 2.54 bits per heavy atom. The number of nitrogens with zero attached hydrogens (tertiary/aromatic N) is 1. The van der Waals surface area contributed by atoms with Crippen molar-refractivity contribution in [2.24, 2.45) is 0 Å². The van der Waals surface area contributed by atoms with Crippen LogP contribution in [-0.2, 0) is 25.5 Å². The predicted molar refractivity (Wildman–Crippen MR) is 103 cm³/mol. The number of nitrogens with one attached hydrogen (secondary N) is 3. The fourth-order valence-corrected chi connectivity index (χ4v) is 3.36. The number of carbonyl (C=O) groups excluding carboxylic acids is 3. The van der Waals surface area contributed by atoms with Gasteiger partial charge in [0.15, 0.2) is 0 Å². The van der Waals surface area contributed by atoms with E-state index in [1.54, 1.807) is 6.92 Å². The zero-order valence-electron chi connectivity index (χ0n) is 16.1. The molecule has 3 N–H and O–H groups in total. The topological polar surface area (TPSA) is 110 Å². The molecule has 0 aliphatic carbocycles. The highest BCUT2D eigenvalue weighted by atomic mass is 16.5. The average Bonchev–Trinajstić information content (AvgIpc) is 3.50.